The molecule has 7 nitrogen and oxygen atoms in total. The Bertz CT molecular complexity index is 841. The number of hydrogen-bond acceptors (Lipinski definition) is 5. The van der Waals surface area contributed by atoms with Crippen LogP contribution in [-0.2, 0) is 11.3 Å². The molecule has 164 valence electrons. The summed E-state index contributed by atoms with van der Waals surface area (Å²) in [4.78, 5) is 13.3. The van der Waals surface area contributed by atoms with Crippen LogP contribution in [0.25, 0.3) is 0 Å². The molecule has 1 saturated carbocycles. The second-order valence-corrected chi connectivity index (χ2v) is 8.64. The average molecular weight is 428 g/mol. The van der Waals surface area contributed by atoms with Crippen molar-refractivity contribution in [1.82, 2.24) is 20.1 Å². The SMILES string of the molecule is N#CC1(F)CCN(c2nnc(C3CCC(=O)N3)n2CC2CCC(C(F)(F)F)CC2)C1. The summed E-state index contributed by atoms with van der Waals surface area (Å²) in [5.74, 6) is -0.372. The molecule has 1 N–H and O–H groups in total. The summed E-state index contributed by atoms with van der Waals surface area (Å²) in [6.45, 7) is 0.594. The molecular formula is C19H24F4N6O. The van der Waals surface area contributed by atoms with Crippen molar-refractivity contribution in [3.05, 3.63) is 5.82 Å². The molecule has 0 bridgehead atoms. The van der Waals surface area contributed by atoms with Gasteiger partial charge >= 0.3 is 6.18 Å². The molecule has 30 heavy (non-hydrogen) atoms. The van der Waals surface area contributed by atoms with Crippen molar-refractivity contribution in [1.29, 1.82) is 5.26 Å². The molecule has 3 fully saturated rings. The zero-order valence-electron chi connectivity index (χ0n) is 16.5. The van der Waals surface area contributed by atoms with Crippen LogP contribution in [0, 0.1) is 23.2 Å². The third-order valence-electron chi connectivity index (χ3n) is 6.52. The van der Waals surface area contributed by atoms with Gasteiger partial charge in [0.2, 0.25) is 17.5 Å². The molecule has 1 aliphatic carbocycles. The Morgan fingerprint density at radius 3 is 2.50 bits per heavy atom. The van der Waals surface area contributed by atoms with Crippen LogP contribution < -0.4 is 10.2 Å². The third kappa shape index (κ3) is 4.09. The summed E-state index contributed by atoms with van der Waals surface area (Å²) in [6.07, 6.45) is -2.13. The van der Waals surface area contributed by atoms with Gasteiger partial charge in [0.1, 0.15) is 6.07 Å². The van der Waals surface area contributed by atoms with Crippen LogP contribution in [0.1, 0.15) is 56.8 Å². The Kier molecular flexibility index (Phi) is 5.36. The third-order valence-corrected chi connectivity index (χ3v) is 6.52. The van der Waals surface area contributed by atoms with Crippen molar-refractivity contribution in [2.75, 3.05) is 18.0 Å². The molecule has 1 aromatic heterocycles. The van der Waals surface area contributed by atoms with Crippen LogP contribution in [0.5, 0.6) is 0 Å². The first kappa shape index (κ1) is 20.9. The van der Waals surface area contributed by atoms with Gasteiger partial charge < -0.3 is 10.2 Å². The fraction of sp³-hybridized carbons (Fsp3) is 0.789. The zero-order chi connectivity index (χ0) is 21.5. The smallest absolute Gasteiger partial charge is 0.346 e. The first-order valence-corrected chi connectivity index (χ1v) is 10.3. The number of aromatic nitrogens is 3. The second kappa shape index (κ2) is 7.71. The molecule has 4 rings (SSSR count). The minimum atomic E-state index is -4.16. The van der Waals surface area contributed by atoms with E-state index in [1.807, 2.05) is 4.57 Å². The van der Waals surface area contributed by atoms with Gasteiger partial charge in [0.15, 0.2) is 5.82 Å². The van der Waals surface area contributed by atoms with Gasteiger partial charge in [-0.25, -0.2) is 4.39 Å². The molecule has 1 amide bonds. The lowest BCUT2D eigenvalue weighted by Crippen LogP contribution is -2.32. The van der Waals surface area contributed by atoms with Crippen molar-refractivity contribution in [2.45, 2.75) is 69.4 Å². The van der Waals surface area contributed by atoms with E-state index in [0.29, 0.717) is 50.5 Å². The molecule has 1 aromatic rings. The molecule has 0 radical (unpaired) electrons. The van der Waals surface area contributed by atoms with Crippen LogP contribution in [0.15, 0.2) is 0 Å². The minimum absolute atomic E-state index is 0.0166. The lowest BCUT2D eigenvalue weighted by atomic mass is 9.81. The van der Waals surface area contributed by atoms with E-state index in [0.717, 1.165) is 0 Å². The van der Waals surface area contributed by atoms with Crippen LogP contribution in [0.3, 0.4) is 0 Å². The molecule has 0 aromatic carbocycles. The summed E-state index contributed by atoms with van der Waals surface area (Å²) < 4.78 is 55.3. The van der Waals surface area contributed by atoms with Gasteiger partial charge in [0.05, 0.1) is 18.5 Å². The van der Waals surface area contributed by atoms with Crippen LogP contribution in [-0.4, -0.2) is 45.6 Å². The standard InChI is InChI=1S/C19H24F4N6O/c20-18(10-24)7-8-28(11-18)17-27-26-16(14-5-6-15(30)25-14)29(17)9-12-1-3-13(4-2-12)19(21,22)23/h12-14H,1-9,11H2,(H,25,30). The largest absolute Gasteiger partial charge is 0.391 e. The predicted octanol–water partition coefficient (Wildman–Crippen LogP) is 3.04. The first-order chi connectivity index (χ1) is 14.2. The maximum absolute atomic E-state index is 14.5. The monoisotopic (exact) mass is 428 g/mol. The first-order valence-electron chi connectivity index (χ1n) is 10.3. The maximum atomic E-state index is 14.5. The number of nitrogens with zero attached hydrogens (tertiary/aromatic N) is 5. The zero-order valence-corrected chi connectivity index (χ0v) is 16.5. The molecule has 2 unspecified atom stereocenters. The average Bonchev–Trinajstić information content (AvgIpc) is 3.40. The summed E-state index contributed by atoms with van der Waals surface area (Å²) in [5, 5.41) is 20.4. The molecule has 3 heterocycles. The minimum Gasteiger partial charge on any atom is -0.346 e. The van der Waals surface area contributed by atoms with Crippen LogP contribution in [0.4, 0.5) is 23.5 Å². The number of hydrogen-bond donors (Lipinski definition) is 1. The van der Waals surface area contributed by atoms with Crippen molar-refractivity contribution < 1.29 is 22.4 Å². The van der Waals surface area contributed by atoms with E-state index < -0.39 is 17.8 Å². The number of halogens is 4. The Hall–Kier alpha value is -2.38. The Balaban J connectivity index is 1.55. The number of alkyl halides is 4. The molecular weight excluding hydrogens is 404 g/mol. The number of rotatable bonds is 4. The molecule has 0 spiro atoms. The van der Waals surface area contributed by atoms with Gasteiger partial charge in [-0.05, 0) is 38.0 Å². The number of carbonyl (C=O) groups excluding carboxylic acids is 1. The van der Waals surface area contributed by atoms with E-state index in [1.54, 1.807) is 11.0 Å². The molecule has 11 heteroatoms. The number of carbonyl (C=O) groups is 1. The number of nitriles is 1. The molecule has 2 aliphatic heterocycles. The Morgan fingerprint density at radius 1 is 1.20 bits per heavy atom. The van der Waals surface area contributed by atoms with Crippen LogP contribution >= 0.6 is 0 Å². The second-order valence-electron chi connectivity index (χ2n) is 8.64. The predicted molar refractivity (Wildman–Crippen MR) is 97.9 cm³/mol. The van der Waals surface area contributed by atoms with Gasteiger partial charge in [0, 0.05) is 25.9 Å². The highest BCUT2D eigenvalue weighted by atomic mass is 19.4. The summed E-state index contributed by atoms with van der Waals surface area (Å²) in [6, 6.07) is 1.38. The van der Waals surface area contributed by atoms with Crippen molar-refractivity contribution >= 4 is 11.9 Å². The highest BCUT2D eigenvalue weighted by Gasteiger charge is 2.43. The van der Waals surface area contributed by atoms with E-state index in [4.69, 9.17) is 5.26 Å². The normalized spacial score (nSPS) is 32.3. The fourth-order valence-corrected chi connectivity index (χ4v) is 4.75. The highest BCUT2D eigenvalue weighted by Crippen LogP contribution is 2.41. The van der Waals surface area contributed by atoms with E-state index in [-0.39, 0.29) is 43.7 Å². The van der Waals surface area contributed by atoms with Crippen molar-refractivity contribution in [2.24, 2.45) is 11.8 Å². The lowest BCUT2D eigenvalue weighted by Gasteiger charge is -2.31. The quantitative estimate of drug-likeness (QED) is 0.745. The van der Waals surface area contributed by atoms with E-state index in [9.17, 15) is 22.4 Å². The van der Waals surface area contributed by atoms with Crippen molar-refractivity contribution in [3.63, 3.8) is 0 Å². The van der Waals surface area contributed by atoms with E-state index >= 15 is 0 Å². The van der Waals surface area contributed by atoms with Gasteiger partial charge in [-0.15, -0.1) is 10.2 Å². The number of anilines is 1. The summed E-state index contributed by atoms with van der Waals surface area (Å²) >= 11 is 0. The van der Waals surface area contributed by atoms with Gasteiger partial charge in [-0.3, -0.25) is 9.36 Å². The summed E-state index contributed by atoms with van der Waals surface area (Å²) in [7, 11) is 0. The highest BCUT2D eigenvalue weighted by molar-refractivity contribution is 5.78. The molecule has 3 aliphatic rings. The maximum Gasteiger partial charge on any atom is 0.391 e. The van der Waals surface area contributed by atoms with Gasteiger partial charge in [0.25, 0.3) is 0 Å². The van der Waals surface area contributed by atoms with Crippen molar-refractivity contribution in [3.8, 4) is 6.07 Å². The molecule has 2 saturated heterocycles. The van der Waals surface area contributed by atoms with Crippen LogP contribution in [0.2, 0.25) is 0 Å². The Morgan fingerprint density at radius 2 is 1.93 bits per heavy atom. The van der Waals surface area contributed by atoms with Gasteiger partial charge in [-0.2, -0.15) is 18.4 Å². The topological polar surface area (TPSA) is 86.8 Å². The molecule has 2 atom stereocenters. The van der Waals surface area contributed by atoms with E-state index in [1.165, 1.54) is 0 Å². The lowest BCUT2D eigenvalue weighted by molar-refractivity contribution is -0.184. The number of nitrogens with one attached hydrogen (secondary N) is 1. The number of amides is 1. The Labute approximate surface area is 171 Å². The summed E-state index contributed by atoms with van der Waals surface area (Å²) in [5.41, 5.74) is -1.96. The van der Waals surface area contributed by atoms with Gasteiger partial charge in [-0.1, -0.05) is 0 Å². The fourth-order valence-electron chi connectivity index (χ4n) is 4.75. The van der Waals surface area contributed by atoms with E-state index in [2.05, 4.69) is 15.5 Å².